The third-order valence-corrected chi connectivity index (χ3v) is 6.43. The molecule has 0 saturated heterocycles. The minimum Gasteiger partial charge on any atom is -0.396 e. The second-order valence-corrected chi connectivity index (χ2v) is 7.85. The van der Waals surface area contributed by atoms with E-state index in [9.17, 15) is 4.79 Å². The number of benzene rings is 2. The van der Waals surface area contributed by atoms with E-state index in [4.69, 9.17) is 5.11 Å². The SMILES string of the molecule is O=C(NCCCO)[C]1[CH][CH][CH][C]1P(c1ccccc1)c1ccccc1. The molecule has 0 unspecified atom stereocenters. The molecule has 127 valence electrons. The van der Waals surface area contributed by atoms with Gasteiger partial charge in [-0.3, -0.25) is 4.79 Å². The topological polar surface area (TPSA) is 49.3 Å². The van der Waals surface area contributed by atoms with Crippen LogP contribution in [0.1, 0.15) is 6.42 Å². The predicted molar refractivity (Wildman–Crippen MR) is 103 cm³/mol. The van der Waals surface area contributed by atoms with Crippen LogP contribution < -0.4 is 15.9 Å². The summed E-state index contributed by atoms with van der Waals surface area (Å²) in [7, 11) is -0.791. The number of nitrogens with one attached hydrogen (secondary N) is 1. The highest BCUT2D eigenvalue weighted by atomic mass is 31.1. The van der Waals surface area contributed by atoms with Crippen LogP contribution in [0.4, 0.5) is 0 Å². The Morgan fingerprint density at radius 3 is 2.08 bits per heavy atom. The summed E-state index contributed by atoms with van der Waals surface area (Å²) in [5.41, 5.74) is 1.06. The first-order valence-electron chi connectivity index (χ1n) is 8.36. The van der Waals surface area contributed by atoms with Crippen LogP contribution in [0.5, 0.6) is 0 Å². The van der Waals surface area contributed by atoms with E-state index in [0.29, 0.717) is 13.0 Å². The molecule has 1 amide bonds. The number of hydrogen-bond donors (Lipinski definition) is 2. The Hall–Kier alpha value is -1.70. The molecule has 3 nitrogen and oxygen atoms in total. The van der Waals surface area contributed by atoms with Crippen molar-refractivity contribution in [3.05, 3.63) is 91.5 Å². The molecule has 0 spiro atoms. The van der Waals surface area contributed by atoms with Gasteiger partial charge in [-0.2, -0.15) is 0 Å². The Labute approximate surface area is 151 Å². The zero-order chi connectivity index (χ0) is 17.5. The molecule has 0 aliphatic heterocycles. The molecule has 3 rings (SSSR count). The first-order valence-corrected chi connectivity index (χ1v) is 9.70. The Morgan fingerprint density at radius 2 is 1.52 bits per heavy atom. The second kappa shape index (κ2) is 9.12. The van der Waals surface area contributed by atoms with Gasteiger partial charge in [0.1, 0.15) is 0 Å². The van der Waals surface area contributed by atoms with Crippen molar-refractivity contribution in [1.29, 1.82) is 0 Å². The fourth-order valence-electron chi connectivity index (χ4n) is 2.76. The highest BCUT2D eigenvalue weighted by molar-refractivity contribution is 7.76. The third-order valence-electron chi connectivity index (χ3n) is 3.93. The van der Waals surface area contributed by atoms with Gasteiger partial charge >= 0.3 is 0 Å². The van der Waals surface area contributed by atoms with E-state index < -0.39 is 7.92 Å². The van der Waals surface area contributed by atoms with Crippen LogP contribution in [-0.2, 0) is 4.79 Å². The Bertz CT molecular complexity index is 623. The fourth-order valence-corrected chi connectivity index (χ4v) is 5.20. The number of rotatable bonds is 7. The molecular weight excluding hydrogens is 329 g/mol. The molecule has 1 aliphatic rings. The van der Waals surface area contributed by atoms with Crippen LogP contribution in [0.25, 0.3) is 0 Å². The molecule has 0 atom stereocenters. The van der Waals surface area contributed by atoms with E-state index in [1.807, 2.05) is 55.7 Å². The lowest BCUT2D eigenvalue weighted by Gasteiger charge is -2.28. The minimum absolute atomic E-state index is 0.0761. The quantitative estimate of drug-likeness (QED) is 0.595. The molecule has 2 N–H and O–H groups in total. The Balaban J connectivity index is 1.86. The standard InChI is InChI=1S/C21H21NO2P/c23-16-8-15-22-21(24)19-13-7-14-20(19)25(17-9-3-1-4-10-17)18-11-5-2-6-12-18/h1-7,9-14,23H,8,15-16H2,(H,22,24). The molecule has 25 heavy (non-hydrogen) atoms. The molecule has 0 aromatic heterocycles. The van der Waals surface area contributed by atoms with Crippen molar-refractivity contribution < 1.29 is 9.90 Å². The van der Waals surface area contributed by atoms with E-state index >= 15 is 0 Å². The molecule has 2 aromatic carbocycles. The molecular formula is C21H21NO2P. The van der Waals surface area contributed by atoms with Crippen LogP contribution in [0.2, 0.25) is 0 Å². The van der Waals surface area contributed by atoms with Crippen molar-refractivity contribution in [2.24, 2.45) is 0 Å². The number of carbonyl (C=O) groups is 1. The van der Waals surface area contributed by atoms with Crippen LogP contribution in [0.15, 0.2) is 60.7 Å². The van der Waals surface area contributed by atoms with Gasteiger partial charge in [-0.25, -0.2) is 0 Å². The van der Waals surface area contributed by atoms with Gasteiger partial charge in [0.2, 0.25) is 5.91 Å². The summed E-state index contributed by atoms with van der Waals surface area (Å²) < 4.78 is 0. The molecule has 0 heterocycles. The van der Waals surface area contributed by atoms with Crippen molar-refractivity contribution >= 4 is 24.4 Å². The molecule has 2 aromatic rings. The number of aliphatic hydroxyl groups is 1. The van der Waals surface area contributed by atoms with Gasteiger partial charge < -0.3 is 10.4 Å². The van der Waals surface area contributed by atoms with Crippen molar-refractivity contribution in [2.45, 2.75) is 6.42 Å². The Morgan fingerprint density at radius 1 is 0.920 bits per heavy atom. The molecule has 4 heteroatoms. The lowest BCUT2D eigenvalue weighted by molar-refractivity contribution is -0.118. The molecule has 1 aliphatic carbocycles. The first kappa shape index (κ1) is 18.1. The van der Waals surface area contributed by atoms with E-state index in [0.717, 1.165) is 11.6 Å². The summed E-state index contributed by atoms with van der Waals surface area (Å²) in [4.78, 5) is 12.6. The van der Waals surface area contributed by atoms with Crippen LogP contribution >= 0.6 is 7.92 Å². The number of aliphatic hydroxyl groups excluding tert-OH is 1. The highest BCUT2D eigenvalue weighted by Gasteiger charge is 2.40. The lowest BCUT2D eigenvalue weighted by Crippen LogP contribution is -2.33. The summed E-state index contributed by atoms with van der Waals surface area (Å²) in [5, 5.41) is 14.2. The summed E-state index contributed by atoms with van der Waals surface area (Å²) >= 11 is 0. The van der Waals surface area contributed by atoms with Crippen molar-refractivity contribution in [1.82, 2.24) is 5.32 Å². The van der Waals surface area contributed by atoms with E-state index in [2.05, 4.69) is 29.6 Å². The Kier molecular flexibility index (Phi) is 6.61. The largest absolute Gasteiger partial charge is 0.396 e. The van der Waals surface area contributed by atoms with E-state index in [1.165, 1.54) is 10.6 Å². The van der Waals surface area contributed by atoms with Gasteiger partial charge in [-0.1, -0.05) is 60.7 Å². The zero-order valence-corrected chi connectivity index (χ0v) is 14.8. The molecule has 5 radical (unpaired) electrons. The summed E-state index contributed by atoms with van der Waals surface area (Å²) in [6.45, 7) is 0.559. The summed E-state index contributed by atoms with van der Waals surface area (Å²) in [6.07, 6.45) is 6.43. The maximum absolute atomic E-state index is 12.6. The number of amides is 1. The maximum atomic E-state index is 12.6. The average Bonchev–Trinajstić information content (AvgIpc) is 3.13. The van der Waals surface area contributed by atoms with Crippen molar-refractivity contribution in [2.75, 3.05) is 13.2 Å². The monoisotopic (exact) mass is 350 g/mol. The molecule has 0 bridgehead atoms. The summed E-state index contributed by atoms with van der Waals surface area (Å²) in [6, 6.07) is 20.7. The van der Waals surface area contributed by atoms with E-state index in [1.54, 1.807) is 0 Å². The van der Waals surface area contributed by atoms with Gasteiger partial charge in [-0.15, -0.1) is 0 Å². The average molecular weight is 350 g/mol. The van der Waals surface area contributed by atoms with Gasteiger partial charge in [0, 0.05) is 18.8 Å². The van der Waals surface area contributed by atoms with E-state index in [-0.39, 0.29) is 12.5 Å². The number of hydrogen-bond acceptors (Lipinski definition) is 2. The van der Waals surface area contributed by atoms with Crippen LogP contribution in [-0.4, -0.2) is 24.2 Å². The second-order valence-electron chi connectivity index (χ2n) is 5.66. The number of carbonyl (C=O) groups excluding carboxylic acids is 1. The van der Waals surface area contributed by atoms with Crippen molar-refractivity contribution in [3.8, 4) is 0 Å². The predicted octanol–water partition coefficient (Wildman–Crippen LogP) is 2.35. The van der Waals surface area contributed by atoms with Crippen LogP contribution in [0, 0.1) is 30.8 Å². The zero-order valence-electron chi connectivity index (χ0n) is 13.9. The normalized spacial score (nSPS) is 15.6. The minimum atomic E-state index is -0.791. The van der Waals surface area contributed by atoms with Gasteiger partial charge in [0.25, 0.3) is 0 Å². The summed E-state index contributed by atoms with van der Waals surface area (Å²) in [5.74, 6) is 0.643. The van der Waals surface area contributed by atoms with Gasteiger partial charge in [0.15, 0.2) is 0 Å². The maximum Gasteiger partial charge on any atom is 0.228 e. The van der Waals surface area contributed by atoms with Crippen molar-refractivity contribution in [3.63, 3.8) is 0 Å². The van der Waals surface area contributed by atoms with Gasteiger partial charge in [0.05, 0.1) is 5.92 Å². The molecule has 1 saturated carbocycles. The van der Waals surface area contributed by atoms with Crippen LogP contribution in [0.3, 0.4) is 0 Å². The fraction of sp³-hybridized carbons (Fsp3) is 0.143. The third kappa shape index (κ3) is 4.48. The van der Waals surface area contributed by atoms with Gasteiger partial charge in [-0.05, 0) is 44.2 Å². The first-order chi connectivity index (χ1) is 12.3. The smallest absolute Gasteiger partial charge is 0.228 e. The molecule has 1 fully saturated rings. The lowest BCUT2D eigenvalue weighted by atomic mass is 10.1. The highest BCUT2D eigenvalue weighted by Crippen LogP contribution is 2.55.